The maximum Gasteiger partial charge on any atom is 0.308 e. The minimum atomic E-state index is -0.819. The van der Waals surface area contributed by atoms with Gasteiger partial charge in [0.2, 0.25) is 11.8 Å². The molecule has 0 aliphatic carbocycles. The van der Waals surface area contributed by atoms with E-state index in [1.807, 2.05) is 56.0 Å². The van der Waals surface area contributed by atoms with Crippen molar-refractivity contribution in [3.05, 3.63) is 54.1 Å². The molecule has 3 aliphatic rings. The first-order valence-electron chi connectivity index (χ1n) is 11.9. The van der Waals surface area contributed by atoms with E-state index in [1.54, 1.807) is 31.4 Å². The molecule has 0 aromatic heterocycles. The first-order valence-corrected chi connectivity index (χ1v) is 11.9. The summed E-state index contributed by atoms with van der Waals surface area (Å²) in [7, 11) is 1.59. The molecular weight excluding hydrogens is 460 g/mol. The van der Waals surface area contributed by atoms with Crippen molar-refractivity contribution < 1.29 is 28.7 Å². The number of nitrogens with zero attached hydrogens (tertiary/aromatic N) is 2. The van der Waals surface area contributed by atoms with Crippen molar-refractivity contribution in [1.29, 1.82) is 0 Å². The Morgan fingerprint density at radius 3 is 2.17 bits per heavy atom. The summed E-state index contributed by atoms with van der Waals surface area (Å²) in [6.45, 7) is 6.80. The van der Waals surface area contributed by atoms with Gasteiger partial charge in [0, 0.05) is 23.6 Å². The molecule has 2 saturated heterocycles. The molecule has 186 valence electrons. The molecule has 2 aromatic carbocycles. The second-order valence-electron chi connectivity index (χ2n) is 10.4. The molecule has 0 saturated carbocycles. The van der Waals surface area contributed by atoms with Crippen LogP contribution in [0.15, 0.2) is 48.5 Å². The van der Waals surface area contributed by atoms with Gasteiger partial charge in [-0.15, -0.1) is 0 Å². The van der Waals surface area contributed by atoms with E-state index in [4.69, 9.17) is 9.47 Å². The van der Waals surface area contributed by atoms with Crippen LogP contribution >= 0.6 is 0 Å². The van der Waals surface area contributed by atoms with Gasteiger partial charge in [0.15, 0.2) is 5.78 Å². The summed E-state index contributed by atoms with van der Waals surface area (Å²) in [5.41, 5.74) is 1.34. The molecule has 2 aromatic rings. The molecule has 8 heteroatoms. The van der Waals surface area contributed by atoms with E-state index in [9.17, 15) is 19.2 Å². The van der Waals surface area contributed by atoms with Gasteiger partial charge in [-0.05, 0) is 42.5 Å². The zero-order valence-corrected chi connectivity index (χ0v) is 20.8. The SMILES string of the molecule is COc1ccc2c(c1)C=C[C@@H]1[C@@H]3C(=O)N(c4ccc(OC(C)=O)cc4)C(=O)[C@@H]3[C@@H](C(=O)C(C)(C)C)N21. The van der Waals surface area contributed by atoms with E-state index in [0.29, 0.717) is 17.2 Å². The Kier molecular flexibility index (Phi) is 5.50. The number of imide groups is 1. The average Bonchev–Trinajstić information content (AvgIpc) is 3.30. The molecule has 0 spiro atoms. The summed E-state index contributed by atoms with van der Waals surface area (Å²) in [5, 5.41) is 0. The van der Waals surface area contributed by atoms with Crippen molar-refractivity contribution in [3.8, 4) is 11.5 Å². The van der Waals surface area contributed by atoms with Gasteiger partial charge >= 0.3 is 5.97 Å². The van der Waals surface area contributed by atoms with Gasteiger partial charge in [-0.2, -0.15) is 0 Å². The molecule has 0 unspecified atom stereocenters. The number of Topliss-reactive ketones (excluding diaryl/α,β-unsaturated/α-hetero) is 1. The molecule has 5 rings (SSSR count). The number of anilines is 2. The molecule has 2 amide bonds. The van der Waals surface area contributed by atoms with Gasteiger partial charge in [-0.1, -0.05) is 32.9 Å². The lowest BCUT2D eigenvalue weighted by atomic mass is 9.79. The van der Waals surface area contributed by atoms with Crippen LogP contribution in [0, 0.1) is 17.3 Å². The highest BCUT2D eigenvalue weighted by Crippen LogP contribution is 2.51. The van der Waals surface area contributed by atoms with Crippen LogP contribution in [-0.2, 0) is 19.2 Å². The number of benzene rings is 2. The summed E-state index contributed by atoms with van der Waals surface area (Å²) in [6.07, 6.45) is 3.84. The lowest BCUT2D eigenvalue weighted by molar-refractivity contribution is -0.132. The molecule has 4 atom stereocenters. The number of ether oxygens (including phenoxy) is 2. The maximum atomic E-state index is 13.9. The van der Waals surface area contributed by atoms with Crippen LogP contribution in [0.4, 0.5) is 11.4 Å². The Bertz CT molecular complexity index is 1310. The predicted octanol–water partition coefficient (Wildman–Crippen LogP) is 3.63. The molecular formula is C28H28N2O6. The second-order valence-corrected chi connectivity index (χ2v) is 10.4. The van der Waals surface area contributed by atoms with Gasteiger partial charge in [0.05, 0.1) is 30.7 Å². The highest BCUT2D eigenvalue weighted by Gasteiger charge is 2.65. The lowest BCUT2D eigenvalue weighted by Gasteiger charge is -2.38. The molecule has 36 heavy (non-hydrogen) atoms. The van der Waals surface area contributed by atoms with E-state index in [1.165, 1.54) is 11.8 Å². The van der Waals surface area contributed by atoms with Crippen LogP contribution in [0.1, 0.15) is 33.3 Å². The summed E-state index contributed by atoms with van der Waals surface area (Å²) in [5.74, 6) is -1.81. The van der Waals surface area contributed by atoms with Crippen LogP contribution in [0.2, 0.25) is 0 Å². The third-order valence-electron chi connectivity index (χ3n) is 7.08. The second kappa shape index (κ2) is 8.33. The van der Waals surface area contributed by atoms with Crippen molar-refractivity contribution in [2.75, 3.05) is 16.9 Å². The van der Waals surface area contributed by atoms with Crippen LogP contribution in [-0.4, -0.2) is 42.8 Å². The molecule has 2 fully saturated rings. The molecule has 0 radical (unpaired) electrons. The lowest BCUT2D eigenvalue weighted by Crippen LogP contribution is -2.51. The molecule has 0 N–H and O–H groups in total. The van der Waals surface area contributed by atoms with Crippen LogP contribution < -0.4 is 19.3 Å². The summed E-state index contributed by atoms with van der Waals surface area (Å²) >= 11 is 0. The van der Waals surface area contributed by atoms with Crippen molar-refractivity contribution in [2.24, 2.45) is 17.3 Å². The van der Waals surface area contributed by atoms with Gasteiger partial charge < -0.3 is 14.4 Å². The van der Waals surface area contributed by atoms with E-state index >= 15 is 0 Å². The quantitative estimate of drug-likeness (QED) is 0.369. The maximum absolute atomic E-state index is 13.9. The number of rotatable bonds is 4. The van der Waals surface area contributed by atoms with E-state index < -0.39 is 41.2 Å². The molecule has 3 heterocycles. The number of carbonyl (C=O) groups excluding carboxylic acids is 4. The van der Waals surface area contributed by atoms with E-state index in [-0.39, 0.29) is 11.7 Å². The minimum absolute atomic E-state index is 0.0923. The third kappa shape index (κ3) is 3.59. The van der Waals surface area contributed by atoms with Crippen LogP contribution in [0.3, 0.4) is 0 Å². The van der Waals surface area contributed by atoms with E-state index in [0.717, 1.165) is 11.3 Å². The topological polar surface area (TPSA) is 93.2 Å². The number of amides is 2. The fourth-order valence-corrected chi connectivity index (χ4v) is 5.51. The monoisotopic (exact) mass is 488 g/mol. The first-order chi connectivity index (χ1) is 17.0. The molecule has 3 aliphatic heterocycles. The average molecular weight is 489 g/mol. The number of fused-ring (bicyclic) bond motifs is 5. The highest BCUT2D eigenvalue weighted by molar-refractivity contribution is 6.25. The van der Waals surface area contributed by atoms with Gasteiger partial charge in [0.1, 0.15) is 17.5 Å². The minimum Gasteiger partial charge on any atom is -0.497 e. The number of carbonyl (C=O) groups is 4. The highest BCUT2D eigenvalue weighted by atomic mass is 16.5. The summed E-state index contributed by atoms with van der Waals surface area (Å²) in [4.78, 5) is 55.8. The Balaban J connectivity index is 1.58. The largest absolute Gasteiger partial charge is 0.497 e. The summed E-state index contributed by atoms with van der Waals surface area (Å²) < 4.78 is 10.4. The Hall–Kier alpha value is -3.94. The predicted molar refractivity (Wildman–Crippen MR) is 134 cm³/mol. The van der Waals surface area contributed by atoms with Crippen molar-refractivity contribution in [1.82, 2.24) is 0 Å². The molecule has 0 bridgehead atoms. The number of ketones is 1. The van der Waals surface area contributed by atoms with Crippen LogP contribution in [0.25, 0.3) is 6.08 Å². The van der Waals surface area contributed by atoms with Gasteiger partial charge in [0.25, 0.3) is 0 Å². The Morgan fingerprint density at radius 2 is 1.56 bits per heavy atom. The molecule has 8 nitrogen and oxygen atoms in total. The zero-order chi connectivity index (χ0) is 25.9. The summed E-state index contributed by atoms with van der Waals surface area (Å²) in [6, 6.07) is 10.6. The van der Waals surface area contributed by atoms with E-state index in [2.05, 4.69) is 0 Å². The third-order valence-corrected chi connectivity index (χ3v) is 7.08. The fraction of sp³-hybridized carbons (Fsp3) is 0.357. The normalized spacial score (nSPS) is 24.4. The Labute approximate surface area is 209 Å². The number of hydrogen-bond acceptors (Lipinski definition) is 7. The number of hydrogen-bond donors (Lipinski definition) is 0. The van der Waals surface area contributed by atoms with Crippen LogP contribution in [0.5, 0.6) is 11.5 Å². The standard InChI is InChI=1S/C28H28N2O6/c1-15(31)36-18-9-7-17(8-10-18)29-26(33)22-21-12-6-16-14-19(35-5)11-13-20(16)30(21)24(23(22)27(29)34)25(32)28(2,3)4/h6-14,21-24H,1-5H3/t21-,22+,23+,24+/m1/s1. The van der Waals surface area contributed by atoms with Gasteiger partial charge in [-0.3, -0.25) is 19.2 Å². The smallest absolute Gasteiger partial charge is 0.308 e. The van der Waals surface area contributed by atoms with Crippen molar-refractivity contribution in [3.63, 3.8) is 0 Å². The first kappa shape index (κ1) is 23.8. The number of methoxy groups -OCH3 is 1. The zero-order valence-electron chi connectivity index (χ0n) is 20.8. The fourth-order valence-electron chi connectivity index (χ4n) is 5.51. The Morgan fingerprint density at radius 1 is 0.917 bits per heavy atom. The number of esters is 1. The van der Waals surface area contributed by atoms with Crippen molar-refractivity contribution in [2.45, 2.75) is 39.8 Å². The van der Waals surface area contributed by atoms with Gasteiger partial charge in [-0.25, -0.2) is 4.90 Å². The van der Waals surface area contributed by atoms with Crippen molar-refractivity contribution >= 4 is 41.0 Å².